The third-order valence-corrected chi connectivity index (χ3v) is 4.70. The Kier molecular flexibility index (Phi) is 5.29. The number of amides is 1. The van der Waals surface area contributed by atoms with Crippen LogP contribution in [-0.2, 0) is 4.74 Å². The van der Waals surface area contributed by atoms with E-state index < -0.39 is 0 Å². The second-order valence-corrected chi connectivity index (χ2v) is 6.61. The molecule has 0 saturated carbocycles. The first-order valence-corrected chi connectivity index (χ1v) is 9.25. The van der Waals surface area contributed by atoms with Gasteiger partial charge in [0.1, 0.15) is 30.0 Å². The highest BCUT2D eigenvalue weighted by Crippen LogP contribution is 2.16. The van der Waals surface area contributed by atoms with Gasteiger partial charge in [-0.15, -0.1) is 0 Å². The molecule has 0 radical (unpaired) electrons. The van der Waals surface area contributed by atoms with Gasteiger partial charge >= 0.3 is 0 Å². The molecule has 1 aliphatic heterocycles. The summed E-state index contributed by atoms with van der Waals surface area (Å²) in [6, 6.07) is 11.6. The standard InChI is InChI=1S/C20H22N6O2/c1-15(16-5-3-2-4-6-16)24-20(27)17-12-26(14-23-17)19-11-18(21-13-22-19)25-7-9-28-10-8-25/h2-6,11-15H,7-10H2,1H3,(H,24,27). The molecule has 0 bridgehead atoms. The average molecular weight is 378 g/mol. The monoisotopic (exact) mass is 378 g/mol. The Labute approximate surface area is 163 Å². The summed E-state index contributed by atoms with van der Waals surface area (Å²) in [5.74, 6) is 1.28. The quantitative estimate of drug-likeness (QED) is 0.731. The molecule has 28 heavy (non-hydrogen) atoms. The number of hydrogen-bond donors (Lipinski definition) is 1. The zero-order valence-corrected chi connectivity index (χ0v) is 15.7. The fourth-order valence-electron chi connectivity index (χ4n) is 3.10. The van der Waals surface area contributed by atoms with E-state index in [9.17, 15) is 4.79 Å². The number of benzene rings is 1. The molecule has 1 amide bonds. The highest BCUT2D eigenvalue weighted by molar-refractivity contribution is 5.92. The van der Waals surface area contributed by atoms with Crippen molar-refractivity contribution in [3.8, 4) is 5.82 Å². The number of aromatic nitrogens is 4. The van der Waals surface area contributed by atoms with E-state index in [0.717, 1.165) is 24.5 Å². The molecule has 2 aromatic heterocycles. The predicted molar refractivity (Wildman–Crippen MR) is 105 cm³/mol. The minimum absolute atomic E-state index is 0.106. The van der Waals surface area contributed by atoms with Crippen molar-refractivity contribution in [2.24, 2.45) is 0 Å². The van der Waals surface area contributed by atoms with Crippen molar-refractivity contribution in [3.05, 3.63) is 66.5 Å². The van der Waals surface area contributed by atoms with Crippen molar-refractivity contribution in [1.29, 1.82) is 0 Å². The summed E-state index contributed by atoms with van der Waals surface area (Å²) < 4.78 is 7.11. The van der Waals surface area contributed by atoms with Gasteiger partial charge in [0.2, 0.25) is 0 Å². The van der Waals surface area contributed by atoms with Crippen LogP contribution in [0.3, 0.4) is 0 Å². The molecule has 144 valence electrons. The van der Waals surface area contributed by atoms with Gasteiger partial charge in [-0.05, 0) is 12.5 Å². The molecule has 8 heteroatoms. The Morgan fingerprint density at radius 3 is 2.64 bits per heavy atom. The normalized spacial score (nSPS) is 15.2. The van der Waals surface area contributed by atoms with Crippen LogP contribution in [0.25, 0.3) is 5.82 Å². The third kappa shape index (κ3) is 4.01. The number of rotatable bonds is 5. The summed E-state index contributed by atoms with van der Waals surface area (Å²) in [4.78, 5) is 27.6. The number of ether oxygens (including phenoxy) is 1. The molecule has 1 atom stereocenters. The fraction of sp³-hybridized carbons (Fsp3) is 0.300. The highest BCUT2D eigenvalue weighted by Gasteiger charge is 2.16. The molecule has 3 aromatic rings. The summed E-state index contributed by atoms with van der Waals surface area (Å²) in [5.41, 5.74) is 1.38. The van der Waals surface area contributed by atoms with Crippen LogP contribution in [0, 0.1) is 0 Å². The van der Waals surface area contributed by atoms with E-state index in [1.807, 2.05) is 43.3 Å². The van der Waals surface area contributed by atoms with Gasteiger partial charge in [0.05, 0.1) is 19.3 Å². The van der Waals surface area contributed by atoms with Crippen LogP contribution < -0.4 is 10.2 Å². The van der Waals surface area contributed by atoms with E-state index in [-0.39, 0.29) is 11.9 Å². The lowest BCUT2D eigenvalue weighted by Gasteiger charge is -2.27. The third-order valence-electron chi connectivity index (χ3n) is 4.70. The second-order valence-electron chi connectivity index (χ2n) is 6.61. The summed E-state index contributed by atoms with van der Waals surface area (Å²) in [6.07, 6.45) is 4.79. The second kappa shape index (κ2) is 8.18. The predicted octanol–water partition coefficient (Wildman–Crippen LogP) is 1.99. The molecule has 1 unspecified atom stereocenters. The summed E-state index contributed by atoms with van der Waals surface area (Å²) in [7, 11) is 0. The van der Waals surface area contributed by atoms with Crippen molar-refractivity contribution in [2.45, 2.75) is 13.0 Å². The number of nitrogens with one attached hydrogen (secondary N) is 1. The van der Waals surface area contributed by atoms with Crippen LogP contribution in [0.1, 0.15) is 29.0 Å². The van der Waals surface area contributed by atoms with E-state index >= 15 is 0 Å². The number of hydrogen-bond acceptors (Lipinski definition) is 6. The summed E-state index contributed by atoms with van der Waals surface area (Å²) in [6.45, 7) is 4.92. The van der Waals surface area contributed by atoms with E-state index in [4.69, 9.17) is 4.74 Å². The van der Waals surface area contributed by atoms with Crippen molar-refractivity contribution < 1.29 is 9.53 Å². The van der Waals surface area contributed by atoms with E-state index in [0.29, 0.717) is 24.7 Å². The van der Waals surface area contributed by atoms with Gasteiger partial charge in [-0.2, -0.15) is 0 Å². The first-order chi connectivity index (χ1) is 13.7. The van der Waals surface area contributed by atoms with Gasteiger partial charge in [0.25, 0.3) is 5.91 Å². The fourth-order valence-corrected chi connectivity index (χ4v) is 3.10. The van der Waals surface area contributed by atoms with Crippen LogP contribution in [0.5, 0.6) is 0 Å². The Balaban J connectivity index is 1.47. The molecule has 1 saturated heterocycles. The minimum atomic E-state index is -0.224. The zero-order chi connectivity index (χ0) is 19.3. The van der Waals surface area contributed by atoms with Crippen molar-refractivity contribution in [1.82, 2.24) is 24.8 Å². The van der Waals surface area contributed by atoms with Crippen LogP contribution in [0.4, 0.5) is 5.82 Å². The Morgan fingerprint density at radius 2 is 1.86 bits per heavy atom. The van der Waals surface area contributed by atoms with Gasteiger partial charge in [0, 0.05) is 25.4 Å². The molecule has 3 heterocycles. The SMILES string of the molecule is CC(NC(=O)c1cn(-c2cc(N3CCOCC3)ncn2)cn1)c1ccccc1. The minimum Gasteiger partial charge on any atom is -0.378 e. The number of nitrogens with zero attached hydrogens (tertiary/aromatic N) is 5. The number of morpholine rings is 1. The Hall–Kier alpha value is -3.26. The highest BCUT2D eigenvalue weighted by atomic mass is 16.5. The summed E-state index contributed by atoms with van der Waals surface area (Å²) >= 11 is 0. The topological polar surface area (TPSA) is 85.2 Å². The lowest BCUT2D eigenvalue weighted by Crippen LogP contribution is -2.36. The van der Waals surface area contributed by atoms with Crippen LogP contribution >= 0.6 is 0 Å². The molecule has 1 aromatic carbocycles. The molecule has 1 N–H and O–H groups in total. The summed E-state index contributed by atoms with van der Waals surface area (Å²) in [5, 5.41) is 2.97. The van der Waals surface area contributed by atoms with Gasteiger partial charge in [0.15, 0.2) is 0 Å². The average Bonchev–Trinajstić information content (AvgIpc) is 3.26. The van der Waals surface area contributed by atoms with E-state index in [2.05, 4.69) is 25.2 Å². The number of carbonyl (C=O) groups excluding carboxylic acids is 1. The molecule has 0 aliphatic carbocycles. The maximum atomic E-state index is 12.5. The number of carbonyl (C=O) groups is 1. The van der Waals surface area contributed by atoms with Crippen LogP contribution in [0.2, 0.25) is 0 Å². The van der Waals surface area contributed by atoms with E-state index in [1.165, 1.54) is 6.33 Å². The number of imidazole rings is 1. The first-order valence-electron chi connectivity index (χ1n) is 9.25. The molecular formula is C20H22N6O2. The molecule has 8 nitrogen and oxygen atoms in total. The number of anilines is 1. The van der Waals surface area contributed by atoms with Crippen molar-refractivity contribution >= 4 is 11.7 Å². The maximum absolute atomic E-state index is 12.5. The molecular weight excluding hydrogens is 356 g/mol. The van der Waals surface area contributed by atoms with Gasteiger partial charge in [-0.1, -0.05) is 30.3 Å². The van der Waals surface area contributed by atoms with Gasteiger partial charge in [-0.3, -0.25) is 9.36 Å². The molecule has 1 fully saturated rings. The van der Waals surface area contributed by atoms with E-state index in [1.54, 1.807) is 17.1 Å². The zero-order valence-electron chi connectivity index (χ0n) is 15.7. The lowest BCUT2D eigenvalue weighted by atomic mass is 10.1. The van der Waals surface area contributed by atoms with Crippen LogP contribution in [0.15, 0.2) is 55.2 Å². The molecule has 0 spiro atoms. The molecule has 1 aliphatic rings. The Bertz CT molecular complexity index is 937. The van der Waals surface area contributed by atoms with Gasteiger partial charge < -0.3 is 15.0 Å². The first kappa shape index (κ1) is 18.1. The van der Waals surface area contributed by atoms with Crippen molar-refractivity contribution in [3.63, 3.8) is 0 Å². The largest absolute Gasteiger partial charge is 0.378 e. The Morgan fingerprint density at radius 1 is 1.11 bits per heavy atom. The van der Waals surface area contributed by atoms with Crippen LogP contribution in [-0.4, -0.2) is 51.7 Å². The van der Waals surface area contributed by atoms with Crippen molar-refractivity contribution in [2.75, 3.05) is 31.2 Å². The van der Waals surface area contributed by atoms with Gasteiger partial charge in [-0.25, -0.2) is 15.0 Å². The maximum Gasteiger partial charge on any atom is 0.271 e. The molecule has 4 rings (SSSR count). The lowest BCUT2D eigenvalue weighted by molar-refractivity contribution is 0.0935. The smallest absolute Gasteiger partial charge is 0.271 e.